The number of amides is 1. The molecule has 0 aromatic carbocycles. The smallest absolute Gasteiger partial charge is 0.407 e. The molecule has 1 rings (SSSR count). The molecule has 7 nitrogen and oxygen atoms in total. The molecule has 1 amide bonds. The second-order valence-corrected chi connectivity index (χ2v) is 9.57. The number of guanidine groups is 1. The van der Waals surface area contributed by atoms with Crippen LogP contribution in [0, 0.1) is 0 Å². The lowest BCUT2D eigenvalue weighted by Gasteiger charge is -2.36. The van der Waals surface area contributed by atoms with Crippen LogP contribution in [-0.2, 0) is 9.47 Å². The molecule has 1 aliphatic rings. The highest BCUT2D eigenvalue weighted by Crippen LogP contribution is 2.32. The summed E-state index contributed by atoms with van der Waals surface area (Å²) >= 11 is 1.90. The largest absolute Gasteiger partial charge is 0.444 e. The predicted molar refractivity (Wildman–Crippen MR) is 134 cm³/mol. The summed E-state index contributed by atoms with van der Waals surface area (Å²) < 4.78 is 11.0. The van der Waals surface area contributed by atoms with Crippen molar-refractivity contribution < 1.29 is 14.3 Å². The fourth-order valence-electron chi connectivity index (χ4n) is 3.03. The van der Waals surface area contributed by atoms with E-state index in [0.717, 1.165) is 57.8 Å². The Labute approximate surface area is 198 Å². The van der Waals surface area contributed by atoms with Crippen LogP contribution in [0.25, 0.3) is 0 Å². The SMILES string of the molecule is CCCCC(CNC(=O)OC(C)(C)C)NC(=NC)NCC1(SC)CCOCC1.I. The second kappa shape index (κ2) is 14.6. The lowest BCUT2D eigenvalue weighted by molar-refractivity contribution is 0.0523. The topological polar surface area (TPSA) is 84.0 Å². The number of aliphatic imine (C=N–C) groups is 1. The first-order valence-corrected chi connectivity index (χ1v) is 11.5. The lowest BCUT2D eigenvalue weighted by atomic mass is 9.99. The van der Waals surface area contributed by atoms with Crippen LogP contribution in [0.1, 0.15) is 59.8 Å². The molecule has 3 N–H and O–H groups in total. The maximum absolute atomic E-state index is 12.0. The number of nitrogens with one attached hydrogen (secondary N) is 3. The number of carbonyl (C=O) groups is 1. The van der Waals surface area contributed by atoms with E-state index in [0.29, 0.717) is 6.54 Å². The lowest BCUT2D eigenvalue weighted by Crippen LogP contribution is -2.52. The molecule has 0 aliphatic carbocycles. The standard InChI is InChI=1S/C20H40N4O3S.HI/c1-7-8-9-16(14-22-18(25)27-19(2,3)4)24-17(21-5)23-15-20(28-6)10-12-26-13-11-20;/h16H,7-15H2,1-6H3,(H,22,25)(H2,21,23,24);1H. The van der Waals surface area contributed by atoms with Gasteiger partial charge in [-0.05, 0) is 46.3 Å². The van der Waals surface area contributed by atoms with Gasteiger partial charge in [0.2, 0.25) is 0 Å². The van der Waals surface area contributed by atoms with Crippen molar-refractivity contribution in [3.05, 3.63) is 0 Å². The van der Waals surface area contributed by atoms with Crippen molar-refractivity contribution in [3.8, 4) is 0 Å². The van der Waals surface area contributed by atoms with Crippen molar-refractivity contribution in [2.45, 2.75) is 76.2 Å². The number of alkyl carbamates (subject to hydrolysis) is 1. The van der Waals surface area contributed by atoms with Gasteiger partial charge in [0.15, 0.2) is 5.96 Å². The number of carbonyl (C=O) groups excluding carboxylic acids is 1. The van der Waals surface area contributed by atoms with E-state index in [1.807, 2.05) is 32.5 Å². The van der Waals surface area contributed by atoms with Crippen LogP contribution in [-0.4, -0.2) is 68.0 Å². The average molecular weight is 545 g/mol. The Morgan fingerprint density at radius 2 is 1.93 bits per heavy atom. The Kier molecular flexibility index (Phi) is 14.4. The van der Waals surface area contributed by atoms with E-state index in [1.54, 1.807) is 7.05 Å². The minimum absolute atomic E-state index is 0. The van der Waals surface area contributed by atoms with Crippen molar-refractivity contribution in [1.29, 1.82) is 0 Å². The normalized spacial score (nSPS) is 17.7. The van der Waals surface area contributed by atoms with Crippen LogP contribution < -0.4 is 16.0 Å². The summed E-state index contributed by atoms with van der Waals surface area (Å²) in [6, 6.07) is 0.0959. The monoisotopic (exact) mass is 544 g/mol. The number of rotatable bonds is 9. The number of ether oxygens (including phenoxy) is 2. The molecule has 1 aliphatic heterocycles. The van der Waals surface area contributed by atoms with Gasteiger partial charge in [-0.3, -0.25) is 4.99 Å². The molecule has 0 spiro atoms. The van der Waals surface area contributed by atoms with Gasteiger partial charge < -0.3 is 25.4 Å². The molecular formula is C20H41IN4O3S. The number of nitrogens with zero attached hydrogens (tertiary/aromatic N) is 1. The van der Waals surface area contributed by atoms with E-state index in [2.05, 4.69) is 34.1 Å². The number of halogens is 1. The maximum Gasteiger partial charge on any atom is 0.407 e. The summed E-state index contributed by atoms with van der Waals surface area (Å²) in [5.41, 5.74) is -0.496. The van der Waals surface area contributed by atoms with Gasteiger partial charge in [0, 0.05) is 44.1 Å². The minimum Gasteiger partial charge on any atom is -0.444 e. The summed E-state index contributed by atoms with van der Waals surface area (Å²) in [5.74, 6) is 0.770. The zero-order valence-electron chi connectivity index (χ0n) is 18.9. The van der Waals surface area contributed by atoms with Crippen molar-refractivity contribution in [1.82, 2.24) is 16.0 Å². The molecule has 0 radical (unpaired) electrons. The Bertz CT molecular complexity index is 495. The quantitative estimate of drug-likeness (QED) is 0.233. The first kappa shape index (κ1) is 28.6. The van der Waals surface area contributed by atoms with E-state index < -0.39 is 5.60 Å². The van der Waals surface area contributed by atoms with Gasteiger partial charge >= 0.3 is 6.09 Å². The van der Waals surface area contributed by atoms with Crippen LogP contribution in [0.3, 0.4) is 0 Å². The third-order valence-corrected chi connectivity index (χ3v) is 6.20. The highest BCUT2D eigenvalue weighted by atomic mass is 127. The van der Waals surface area contributed by atoms with Crippen LogP contribution in [0.4, 0.5) is 4.79 Å². The average Bonchev–Trinajstić information content (AvgIpc) is 2.66. The third-order valence-electron chi connectivity index (χ3n) is 4.78. The Balaban J connectivity index is 0.00000784. The molecular weight excluding hydrogens is 503 g/mol. The van der Waals surface area contributed by atoms with Crippen LogP contribution in [0.5, 0.6) is 0 Å². The van der Waals surface area contributed by atoms with Crippen molar-refractivity contribution in [3.63, 3.8) is 0 Å². The molecule has 172 valence electrons. The molecule has 0 saturated carbocycles. The third kappa shape index (κ3) is 12.1. The molecule has 1 atom stereocenters. The van der Waals surface area contributed by atoms with Crippen molar-refractivity contribution in [2.75, 3.05) is 39.6 Å². The second-order valence-electron chi connectivity index (χ2n) is 8.29. The molecule has 9 heteroatoms. The van der Waals surface area contributed by atoms with Gasteiger partial charge in [0.1, 0.15) is 5.60 Å². The summed E-state index contributed by atoms with van der Waals surface area (Å²) in [4.78, 5) is 16.4. The summed E-state index contributed by atoms with van der Waals surface area (Å²) in [6.45, 7) is 10.7. The number of unbranched alkanes of at least 4 members (excludes halogenated alkanes) is 1. The molecule has 0 aromatic rings. The molecule has 1 fully saturated rings. The first-order valence-electron chi connectivity index (χ1n) is 10.3. The highest BCUT2D eigenvalue weighted by molar-refractivity contribution is 14.0. The van der Waals surface area contributed by atoms with Gasteiger partial charge in [-0.25, -0.2) is 4.79 Å². The number of hydrogen-bond donors (Lipinski definition) is 3. The highest BCUT2D eigenvalue weighted by Gasteiger charge is 2.32. The van der Waals surface area contributed by atoms with Crippen LogP contribution in [0.2, 0.25) is 0 Å². The molecule has 0 aromatic heterocycles. The summed E-state index contributed by atoms with van der Waals surface area (Å²) in [7, 11) is 1.78. The fourth-order valence-corrected chi connectivity index (χ4v) is 3.82. The van der Waals surface area contributed by atoms with Gasteiger partial charge in [-0.15, -0.1) is 24.0 Å². The number of thioether (sulfide) groups is 1. The Morgan fingerprint density at radius 1 is 1.28 bits per heavy atom. The van der Waals surface area contributed by atoms with Crippen molar-refractivity contribution >= 4 is 47.8 Å². The molecule has 1 unspecified atom stereocenters. The molecule has 1 saturated heterocycles. The minimum atomic E-state index is -0.496. The number of hydrogen-bond acceptors (Lipinski definition) is 5. The van der Waals surface area contributed by atoms with Gasteiger partial charge in [-0.2, -0.15) is 11.8 Å². The van der Waals surface area contributed by atoms with E-state index in [9.17, 15) is 4.79 Å². The van der Waals surface area contributed by atoms with Crippen LogP contribution in [0.15, 0.2) is 4.99 Å². The van der Waals surface area contributed by atoms with E-state index in [-0.39, 0.29) is 40.9 Å². The zero-order chi connectivity index (χ0) is 21.0. The van der Waals surface area contributed by atoms with Crippen LogP contribution >= 0.6 is 35.7 Å². The maximum atomic E-state index is 12.0. The van der Waals surface area contributed by atoms with Crippen molar-refractivity contribution in [2.24, 2.45) is 4.99 Å². The first-order chi connectivity index (χ1) is 13.2. The zero-order valence-corrected chi connectivity index (χ0v) is 22.1. The van der Waals surface area contributed by atoms with E-state index >= 15 is 0 Å². The van der Waals surface area contributed by atoms with E-state index in [1.165, 1.54) is 0 Å². The summed E-state index contributed by atoms with van der Waals surface area (Å²) in [5, 5.41) is 9.82. The fraction of sp³-hybridized carbons (Fsp3) is 0.900. The summed E-state index contributed by atoms with van der Waals surface area (Å²) in [6.07, 6.45) is 6.99. The predicted octanol–water partition coefficient (Wildman–Crippen LogP) is 3.77. The Morgan fingerprint density at radius 3 is 2.45 bits per heavy atom. The molecule has 1 heterocycles. The Hall–Kier alpha value is -0.420. The van der Waals surface area contributed by atoms with Gasteiger partial charge in [0.25, 0.3) is 0 Å². The van der Waals surface area contributed by atoms with Gasteiger partial charge in [0.05, 0.1) is 0 Å². The molecule has 0 bridgehead atoms. The molecule has 29 heavy (non-hydrogen) atoms. The van der Waals surface area contributed by atoms with Gasteiger partial charge in [-0.1, -0.05) is 19.8 Å². The van der Waals surface area contributed by atoms with E-state index in [4.69, 9.17) is 9.47 Å².